The molecule has 1 heterocycles. The molecule has 1 aromatic heterocycles. The van der Waals surface area contributed by atoms with Crippen LogP contribution < -0.4 is 0 Å². The van der Waals surface area contributed by atoms with Gasteiger partial charge in [0.05, 0.1) is 4.92 Å². The van der Waals surface area contributed by atoms with Crippen molar-refractivity contribution in [3.8, 4) is 5.69 Å². The molecular formula is C9H6FN3O2. The minimum absolute atomic E-state index is 0.116. The van der Waals surface area contributed by atoms with Crippen LogP contribution in [0.3, 0.4) is 0 Å². The minimum Gasteiger partial charge on any atom is -0.258 e. The number of halogens is 1. The lowest BCUT2D eigenvalue weighted by atomic mass is 10.2. The van der Waals surface area contributed by atoms with Crippen LogP contribution in [0.15, 0.2) is 36.7 Å². The smallest absolute Gasteiger partial charge is 0.258 e. The number of hydrogen-bond acceptors (Lipinski definition) is 3. The van der Waals surface area contributed by atoms with Gasteiger partial charge in [-0.25, -0.2) is 9.07 Å². The summed E-state index contributed by atoms with van der Waals surface area (Å²) in [6.45, 7) is 0. The molecule has 0 N–H and O–H groups in total. The summed E-state index contributed by atoms with van der Waals surface area (Å²) in [5, 5.41) is 14.5. The van der Waals surface area contributed by atoms with Crippen LogP contribution >= 0.6 is 0 Å². The number of nitrogens with zero attached hydrogens (tertiary/aromatic N) is 3. The summed E-state index contributed by atoms with van der Waals surface area (Å²) in [4.78, 5) is 10.1. The third-order valence-corrected chi connectivity index (χ3v) is 1.89. The zero-order chi connectivity index (χ0) is 10.8. The molecule has 0 aliphatic heterocycles. The molecule has 0 aliphatic carbocycles. The Morgan fingerprint density at radius 1 is 1.47 bits per heavy atom. The van der Waals surface area contributed by atoms with E-state index in [4.69, 9.17) is 0 Å². The first kappa shape index (κ1) is 9.32. The van der Waals surface area contributed by atoms with Crippen molar-refractivity contribution >= 4 is 5.69 Å². The summed E-state index contributed by atoms with van der Waals surface area (Å²) < 4.78 is 14.2. The molecule has 0 fully saturated rings. The molecule has 0 saturated carbocycles. The molecule has 1 aromatic carbocycles. The molecule has 0 aliphatic rings. The lowest BCUT2D eigenvalue weighted by molar-refractivity contribution is -0.384. The molecule has 0 unspecified atom stereocenters. The van der Waals surface area contributed by atoms with Gasteiger partial charge in [0.1, 0.15) is 11.5 Å². The Morgan fingerprint density at radius 3 is 2.87 bits per heavy atom. The molecule has 0 atom stereocenters. The monoisotopic (exact) mass is 207 g/mol. The van der Waals surface area contributed by atoms with Crippen LogP contribution in [0.1, 0.15) is 0 Å². The van der Waals surface area contributed by atoms with E-state index in [1.54, 1.807) is 6.07 Å². The maximum Gasteiger partial charge on any atom is 0.295 e. The van der Waals surface area contributed by atoms with Gasteiger partial charge >= 0.3 is 0 Å². The van der Waals surface area contributed by atoms with Crippen molar-refractivity contribution in [1.82, 2.24) is 9.78 Å². The highest BCUT2D eigenvalue weighted by atomic mass is 19.1. The Kier molecular flexibility index (Phi) is 2.17. The summed E-state index contributed by atoms with van der Waals surface area (Å²) in [5.41, 5.74) is -0.0647. The van der Waals surface area contributed by atoms with Crippen molar-refractivity contribution in [2.75, 3.05) is 0 Å². The first-order valence-corrected chi connectivity index (χ1v) is 4.12. The largest absolute Gasteiger partial charge is 0.295 e. The minimum atomic E-state index is -0.573. The summed E-state index contributed by atoms with van der Waals surface area (Å²) in [7, 11) is 0. The molecule has 0 saturated heterocycles. The standard InChI is InChI=1S/C9H6FN3O2/c10-7-2-3-8(13(14)15)9(6-7)12-5-1-4-11-12/h1-6H. The van der Waals surface area contributed by atoms with E-state index in [0.29, 0.717) is 0 Å². The van der Waals surface area contributed by atoms with Crippen LogP contribution in [-0.4, -0.2) is 14.7 Å². The summed E-state index contributed by atoms with van der Waals surface area (Å²) in [6, 6.07) is 4.84. The van der Waals surface area contributed by atoms with Gasteiger partial charge in [-0.2, -0.15) is 5.10 Å². The van der Waals surface area contributed by atoms with Crippen molar-refractivity contribution in [2.24, 2.45) is 0 Å². The molecule has 0 spiro atoms. The van der Waals surface area contributed by atoms with Gasteiger partial charge in [0, 0.05) is 24.5 Å². The van der Waals surface area contributed by atoms with Gasteiger partial charge in [-0.15, -0.1) is 0 Å². The van der Waals surface area contributed by atoms with Gasteiger partial charge in [-0.05, 0) is 12.1 Å². The highest BCUT2D eigenvalue weighted by molar-refractivity contribution is 5.51. The summed E-state index contributed by atoms with van der Waals surface area (Å²) in [6.07, 6.45) is 2.98. The second kappa shape index (κ2) is 3.49. The Hall–Kier alpha value is -2.24. The van der Waals surface area contributed by atoms with Crippen molar-refractivity contribution in [1.29, 1.82) is 0 Å². The molecule has 0 amide bonds. The number of hydrogen-bond donors (Lipinski definition) is 0. The summed E-state index contributed by atoms with van der Waals surface area (Å²) >= 11 is 0. The van der Waals surface area contributed by atoms with Crippen LogP contribution in [0.5, 0.6) is 0 Å². The van der Waals surface area contributed by atoms with Crippen LogP contribution in [0.4, 0.5) is 10.1 Å². The van der Waals surface area contributed by atoms with Crippen LogP contribution in [0, 0.1) is 15.9 Å². The van der Waals surface area contributed by atoms with Crippen LogP contribution in [-0.2, 0) is 0 Å². The SMILES string of the molecule is O=[N+]([O-])c1ccc(F)cc1-n1cccn1. The molecular weight excluding hydrogens is 201 g/mol. The third kappa shape index (κ3) is 1.69. The quantitative estimate of drug-likeness (QED) is 0.558. The van der Waals surface area contributed by atoms with Crippen molar-refractivity contribution in [2.45, 2.75) is 0 Å². The first-order chi connectivity index (χ1) is 7.18. The number of benzene rings is 1. The molecule has 76 valence electrons. The number of nitro groups is 1. The lowest BCUT2D eigenvalue weighted by Crippen LogP contribution is -2.01. The van der Waals surface area contributed by atoms with E-state index in [9.17, 15) is 14.5 Å². The molecule has 5 nitrogen and oxygen atoms in total. The molecule has 2 rings (SSSR count). The van der Waals surface area contributed by atoms with Gasteiger partial charge in [-0.3, -0.25) is 10.1 Å². The molecule has 15 heavy (non-hydrogen) atoms. The molecule has 0 bridgehead atoms. The van der Waals surface area contributed by atoms with Crippen LogP contribution in [0.2, 0.25) is 0 Å². The maximum atomic E-state index is 12.9. The van der Waals surface area contributed by atoms with Crippen molar-refractivity contribution in [3.63, 3.8) is 0 Å². The molecule has 0 radical (unpaired) electrons. The predicted octanol–water partition coefficient (Wildman–Crippen LogP) is 1.92. The van der Waals surface area contributed by atoms with Gasteiger partial charge in [0.15, 0.2) is 0 Å². The van der Waals surface area contributed by atoms with E-state index in [0.717, 1.165) is 18.2 Å². The zero-order valence-electron chi connectivity index (χ0n) is 7.50. The van der Waals surface area contributed by atoms with Gasteiger partial charge in [-0.1, -0.05) is 0 Å². The Labute approximate surface area is 83.9 Å². The highest BCUT2D eigenvalue weighted by Crippen LogP contribution is 2.22. The van der Waals surface area contributed by atoms with E-state index in [2.05, 4.69) is 5.10 Å². The average Bonchev–Trinajstić information content (AvgIpc) is 2.69. The fraction of sp³-hybridized carbons (Fsp3) is 0. The van der Waals surface area contributed by atoms with Crippen molar-refractivity contribution in [3.05, 3.63) is 52.6 Å². The summed E-state index contributed by atoms with van der Waals surface area (Å²) in [5.74, 6) is -0.536. The topological polar surface area (TPSA) is 61.0 Å². The van der Waals surface area contributed by atoms with Gasteiger partial charge in [0.2, 0.25) is 0 Å². The zero-order valence-corrected chi connectivity index (χ0v) is 7.50. The van der Waals surface area contributed by atoms with Crippen molar-refractivity contribution < 1.29 is 9.31 Å². The normalized spacial score (nSPS) is 10.2. The molecule has 6 heteroatoms. The number of aromatic nitrogens is 2. The Bertz CT molecular complexity index is 496. The lowest BCUT2D eigenvalue weighted by Gasteiger charge is -2.02. The first-order valence-electron chi connectivity index (χ1n) is 4.12. The number of rotatable bonds is 2. The Morgan fingerprint density at radius 2 is 2.27 bits per heavy atom. The number of nitro benzene ring substituents is 1. The van der Waals surface area contributed by atoms with Gasteiger partial charge < -0.3 is 0 Å². The van der Waals surface area contributed by atoms with E-state index < -0.39 is 10.7 Å². The van der Waals surface area contributed by atoms with E-state index in [1.807, 2.05) is 0 Å². The maximum absolute atomic E-state index is 12.9. The van der Waals surface area contributed by atoms with Gasteiger partial charge in [0.25, 0.3) is 5.69 Å². The fourth-order valence-corrected chi connectivity index (χ4v) is 1.25. The molecule has 2 aromatic rings. The second-order valence-electron chi connectivity index (χ2n) is 2.84. The van der Waals surface area contributed by atoms with E-state index >= 15 is 0 Å². The second-order valence-corrected chi connectivity index (χ2v) is 2.84. The Balaban J connectivity index is 2.63. The predicted molar refractivity (Wildman–Crippen MR) is 50.2 cm³/mol. The average molecular weight is 207 g/mol. The van der Waals surface area contributed by atoms with E-state index in [1.165, 1.54) is 17.1 Å². The van der Waals surface area contributed by atoms with Crippen LogP contribution in [0.25, 0.3) is 5.69 Å². The fourth-order valence-electron chi connectivity index (χ4n) is 1.25. The third-order valence-electron chi connectivity index (χ3n) is 1.89. The van der Waals surface area contributed by atoms with E-state index in [-0.39, 0.29) is 11.4 Å². The highest BCUT2D eigenvalue weighted by Gasteiger charge is 2.15.